The van der Waals surface area contributed by atoms with Crippen molar-refractivity contribution in [3.63, 3.8) is 0 Å². The molecule has 0 bridgehead atoms. The van der Waals surface area contributed by atoms with E-state index >= 15 is 0 Å². The molecule has 1 fully saturated rings. The van der Waals surface area contributed by atoms with Crippen LogP contribution in [0.1, 0.15) is 30.4 Å². The van der Waals surface area contributed by atoms with Gasteiger partial charge in [0, 0.05) is 12.6 Å². The molecule has 0 amide bonds. The third-order valence-corrected chi connectivity index (χ3v) is 3.52. The quantitative estimate of drug-likeness (QED) is 0.825. The summed E-state index contributed by atoms with van der Waals surface area (Å²) < 4.78 is 0. The van der Waals surface area contributed by atoms with Gasteiger partial charge in [-0.3, -0.25) is 4.90 Å². The molecule has 1 aromatic carbocycles. The Balaban J connectivity index is 1.96. The van der Waals surface area contributed by atoms with E-state index in [1.54, 1.807) is 0 Å². The maximum atomic E-state index is 5.99. The first kappa shape index (κ1) is 11.6. The molecular formula is C14H22N2. The number of hydrogen-bond donors (Lipinski definition) is 1. The summed E-state index contributed by atoms with van der Waals surface area (Å²) in [5, 5.41) is 0. The Morgan fingerprint density at radius 2 is 2.06 bits per heavy atom. The first-order valence-corrected chi connectivity index (χ1v) is 6.28. The number of likely N-dealkylation sites (tertiary alicyclic amines) is 1. The van der Waals surface area contributed by atoms with Gasteiger partial charge in [0.1, 0.15) is 0 Å². The lowest BCUT2D eigenvalue weighted by molar-refractivity contribution is 0.275. The minimum absolute atomic E-state index is 0.418. The molecule has 0 saturated carbocycles. The molecule has 16 heavy (non-hydrogen) atoms. The third kappa shape index (κ3) is 3.06. The van der Waals surface area contributed by atoms with E-state index in [0.717, 1.165) is 19.5 Å². The van der Waals surface area contributed by atoms with Gasteiger partial charge in [-0.1, -0.05) is 24.3 Å². The maximum absolute atomic E-state index is 5.99. The molecule has 0 aliphatic carbocycles. The second-order valence-electron chi connectivity index (χ2n) is 4.89. The van der Waals surface area contributed by atoms with Crippen LogP contribution in [-0.2, 0) is 6.54 Å². The Morgan fingerprint density at radius 1 is 1.25 bits per heavy atom. The van der Waals surface area contributed by atoms with Crippen LogP contribution in [0.15, 0.2) is 24.3 Å². The molecule has 0 spiro atoms. The number of nitrogens with two attached hydrogens (primary N) is 1. The summed E-state index contributed by atoms with van der Waals surface area (Å²) in [6, 6.07) is 9.09. The molecule has 2 heteroatoms. The van der Waals surface area contributed by atoms with E-state index in [0.29, 0.717) is 6.04 Å². The van der Waals surface area contributed by atoms with Crippen molar-refractivity contribution in [3.05, 3.63) is 35.4 Å². The second kappa shape index (κ2) is 5.46. The van der Waals surface area contributed by atoms with Gasteiger partial charge in [0.25, 0.3) is 0 Å². The molecular weight excluding hydrogens is 196 g/mol. The van der Waals surface area contributed by atoms with E-state index in [2.05, 4.69) is 36.1 Å². The summed E-state index contributed by atoms with van der Waals surface area (Å²) in [5.74, 6) is 0. The smallest absolute Gasteiger partial charge is 0.0236 e. The minimum atomic E-state index is 0.418. The fourth-order valence-electron chi connectivity index (χ4n) is 2.37. The van der Waals surface area contributed by atoms with Crippen molar-refractivity contribution in [2.24, 2.45) is 5.73 Å². The van der Waals surface area contributed by atoms with Gasteiger partial charge in [0.15, 0.2) is 0 Å². The van der Waals surface area contributed by atoms with Crippen LogP contribution in [0.5, 0.6) is 0 Å². The molecule has 1 heterocycles. The normalized spacial score (nSPS) is 23.0. The van der Waals surface area contributed by atoms with Crippen molar-refractivity contribution in [1.82, 2.24) is 4.90 Å². The van der Waals surface area contributed by atoms with Crippen molar-refractivity contribution in [3.8, 4) is 0 Å². The molecule has 0 radical (unpaired) electrons. The van der Waals surface area contributed by atoms with E-state index in [1.165, 1.54) is 30.5 Å². The third-order valence-electron chi connectivity index (χ3n) is 3.52. The Morgan fingerprint density at radius 3 is 2.88 bits per heavy atom. The zero-order chi connectivity index (χ0) is 11.4. The molecule has 1 aliphatic heterocycles. The topological polar surface area (TPSA) is 29.3 Å². The predicted molar refractivity (Wildman–Crippen MR) is 68.3 cm³/mol. The first-order valence-electron chi connectivity index (χ1n) is 6.28. The first-order chi connectivity index (χ1) is 7.75. The molecule has 1 aliphatic rings. The summed E-state index contributed by atoms with van der Waals surface area (Å²) >= 11 is 0. The van der Waals surface area contributed by atoms with E-state index in [9.17, 15) is 0 Å². The minimum Gasteiger partial charge on any atom is -0.328 e. The van der Waals surface area contributed by atoms with Gasteiger partial charge in [0.05, 0.1) is 0 Å². The van der Waals surface area contributed by atoms with Crippen LogP contribution in [0.25, 0.3) is 0 Å². The number of aryl methyl sites for hydroxylation is 1. The van der Waals surface area contributed by atoms with Crippen molar-refractivity contribution >= 4 is 0 Å². The lowest BCUT2D eigenvalue weighted by atomic mass is 10.1. The number of hydrogen-bond acceptors (Lipinski definition) is 2. The standard InChI is InChI=1S/C14H22N2/c1-12-5-2-3-6-13(12)11-16-9-4-7-14(15)8-10-16/h2-3,5-6,14H,4,7-11,15H2,1H3. The van der Waals surface area contributed by atoms with Gasteiger partial charge in [-0.25, -0.2) is 0 Å². The Hall–Kier alpha value is -0.860. The predicted octanol–water partition coefficient (Wildman–Crippen LogP) is 2.31. The highest BCUT2D eigenvalue weighted by molar-refractivity contribution is 5.25. The maximum Gasteiger partial charge on any atom is 0.0236 e. The van der Waals surface area contributed by atoms with E-state index < -0.39 is 0 Å². The Bertz CT molecular complexity index is 335. The molecule has 1 saturated heterocycles. The SMILES string of the molecule is Cc1ccccc1CN1CCCC(N)CC1. The van der Waals surface area contributed by atoms with Crippen LogP contribution in [0.2, 0.25) is 0 Å². The van der Waals surface area contributed by atoms with Gasteiger partial charge in [-0.05, 0) is 50.4 Å². The summed E-state index contributed by atoms with van der Waals surface area (Å²) in [7, 11) is 0. The lowest BCUT2D eigenvalue weighted by Gasteiger charge is -2.20. The molecule has 2 N–H and O–H groups in total. The second-order valence-corrected chi connectivity index (χ2v) is 4.89. The van der Waals surface area contributed by atoms with Gasteiger partial charge >= 0.3 is 0 Å². The average molecular weight is 218 g/mol. The molecule has 0 aromatic heterocycles. The van der Waals surface area contributed by atoms with Crippen LogP contribution in [0.3, 0.4) is 0 Å². The molecule has 2 rings (SSSR count). The number of nitrogens with zero attached hydrogens (tertiary/aromatic N) is 1. The number of benzene rings is 1. The van der Waals surface area contributed by atoms with Crippen molar-refractivity contribution < 1.29 is 0 Å². The van der Waals surface area contributed by atoms with Gasteiger partial charge in [-0.2, -0.15) is 0 Å². The van der Waals surface area contributed by atoms with Crippen molar-refractivity contribution in [2.45, 2.75) is 38.8 Å². The van der Waals surface area contributed by atoms with Crippen LogP contribution in [0.4, 0.5) is 0 Å². The van der Waals surface area contributed by atoms with Gasteiger partial charge in [-0.15, -0.1) is 0 Å². The van der Waals surface area contributed by atoms with E-state index in [-0.39, 0.29) is 0 Å². The molecule has 1 aromatic rings. The summed E-state index contributed by atoms with van der Waals surface area (Å²) in [6.45, 7) is 5.62. The van der Waals surface area contributed by atoms with Crippen LogP contribution in [-0.4, -0.2) is 24.0 Å². The average Bonchev–Trinajstić information content (AvgIpc) is 2.47. The van der Waals surface area contributed by atoms with E-state index in [4.69, 9.17) is 5.73 Å². The van der Waals surface area contributed by atoms with Gasteiger partial charge < -0.3 is 5.73 Å². The zero-order valence-electron chi connectivity index (χ0n) is 10.2. The summed E-state index contributed by atoms with van der Waals surface area (Å²) in [6.07, 6.45) is 3.57. The van der Waals surface area contributed by atoms with Crippen LogP contribution < -0.4 is 5.73 Å². The fourth-order valence-corrected chi connectivity index (χ4v) is 2.37. The van der Waals surface area contributed by atoms with Crippen LogP contribution >= 0.6 is 0 Å². The Kier molecular flexibility index (Phi) is 3.97. The molecule has 88 valence electrons. The highest BCUT2D eigenvalue weighted by atomic mass is 15.1. The largest absolute Gasteiger partial charge is 0.328 e. The highest BCUT2D eigenvalue weighted by Gasteiger charge is 2.14. The molecule has 1 unspecified atom stereocenters. The van der Waals surface area contributed by atoms with Crippen molar-refractivity contribution in [1.29, 1.82) is 0 Å². The van der Waals surface area contributed by atoms with Crippen LogP contribution in [0, 0.1) is 6.92 Å². The summed E-state index contributed by atoms with van der Waals surface area (Å²) in [5.41, 5.74) is 8.85. The van der Waals surface area contributed by atoms with Gasteiger partial charge in [0.2, 0.25) is 0 Å². The fraction of sp³-hybridized carbons (Fsp3) is 0.571. The molecule has 1 atom stereocenters. The zero-order valence-corrected chi connectivity index (χ0v) is 10.2. The van der Waals surface area contributed by atoms with Crippen molar-refractivity contribution in [2.75, 3.05) is 13.1 Å². The lowest BCUT2D eigenvalue weighted by Crippen LogP contribution is -2.26. The number of rotatable bonds is 2. The monoisotopic (exact) mass is 218 g/mol. The summed E-state index contributed by atoms with van der Waals surface area (Å²) in [4.78, 5) is 2.54. The Labute approximate surface area is 98.4 Å². The highest BCUT2D eigenvalue weighted by Crippen LogP contribution is 2.15. The molecule has 2 nitrogen and oxygen atoms in total. The van der Waals surface area contributed by atoms with E-state index in [1.807, 2.05) is 0 Å².